The van der Waals surface area contributed by atoms with Crippen LogP contribution in [0.15, 0.2) is 71.9 Å². The molecule has 0 aliphatic carbocycles. The fraction of sp³-hybridized carbons (Fsp3) is 0.308. The van der Waals surface area contributed by atoms with E-state index < -0.39 is 10.0 Å². The van der Waals surface area contributed by atoms with E-state index in [-0.39, 0.29) is 4.90 Å². The van der Waals surface area contributed by atoms with Crippen molar-refractivity contribution < 1.29 is 8.42 Å². The molecule has 0 radical (unpaired) electrons. The van der Waals surface area contributed by atoms with Crippen LogP contribution in [0.3, 0.4) is 0 Å². The highest BCUT2D eigenvalue weighted by molar-refractivity contribution is 7.89. The van der Waals surface area contributed by atoms with Gasteiger partial charge in [0.05, 0.1) is 4.90 Å². The van der Waals surface area contributed by atoms with Crippen molar-refractivity contribution in [2.24, 2.45) is 0 Å². The van der Waals surface area contributed by atoms with Crippen molar-refractivity contribution >= 4 is 33.2 Å². The van der Waals surface area contributed by atoms with E-state index in [2.05, 4.69) is 60.9 Å². The van der Waals surface area contributed by atoms with Gasteiger partial charge in [-0.15, -0.1) is 0 Å². The van der Waals surface area contributed by atoms with E-state index in [0.717, 1.165) is 44.0 Å². The standard InChI is InChI=1S/C26H33N7O2S/c1-19(2)31-36(34,35)24-7-5-6-23(16-24)28-25-20(3)17-27-26(30-25)29-22-10-8-21(9-11-22)18-33-14-12-32(4)13-15-33/h5-11,16-17,31H,1,12-15,18H2,2-4H3,(H2,27,28,29,30). The number of piperazine rings is 1. The molecule has 0 bridgehead atoms. The lowest BCUT2D eigenvalue weighted by Gasteiger charge is -2.32. The van der Waals surface area contributed by atoms with Gasteiger partial charge in [-0.25, -0.2) is 13.4 Å². The number of nitrogens with zero attached hydrogens (tertiary/aromatic N) is 4. The van der Waals surface area contributed by atoms with E-state index in [1.165, 1.54) is 11.6 Å². The average Bonchev–Trinajstić information content (AvgIpc) is 2.83. The zero-order valence-electron chi connectivity index (χ0n) is 21.0. The summed E-state index contributed by atoms with van der Waals surface area (Å²) < 4.78 is 27.4. The summed E-state index contributed by atoms with van der Waals surface area (Å²) in [5, 5.41) is 6.46. The molecule has 190 valence electrons. The van der Waals surface area contributed by atoms with Crippen LogP contribution >= 0.6 is 0 Å². The first kappa shape index (κ1) is 25.6. The van der Waals surface area contributed by atoms with Gasteiger partial charge < -0.3 is 15.5 Å². The highest BCUT2D eigenvalue weighted by Crippen LogP contribution is 2.23. The lowest BCUT2D eigenvalue weighted by atomic mass is 10.2. The molecule has 1 aliphatic heterocycles. The minimum Gasteiger partial charge on any atom is -0.340 e. The van der Waals surface area contributed by atoms with E-state index in [4.69, 9.17) is 0 Å². The third kappa shape index (κ3) is 6.81. The molecule has 1 saturated heterocycles. The van der Waals surface area contributed by atoms with E-state index in [0.29, 0.717) is 23.2 Å². The Kier molecular flexibility index (Phi) is 7.88. The van der Waals surface area contributed by atoms with Gasteiger partial charge in [0.15, 0.2) is 0 Å². The number of nitrogens with one attached hydrogen (secondary N) is 3. The Labute approximate surface area is 213 Å². The molecule has 36 heavy (non-hydrogen) atoms. The second kappa shape index (κ2) is 11.1. The first-order chi connectivity index (χ1) is 17.2. The van der Waals surface area contributed by atoms with Crippen molar-refractivity contribution in [1.82, 2.24) is 24.5 Å². The number of benzene rings is 2. The lowest BCUT2D eigenvalue weighted by molar-refractivity contribution is 0.148. The number of sulfonamides is 1. The van der Waals surface area contributed by atoms with Crippen LogP contribution in [0.25, 0.3) is 0 Å². The smallest absolute Gasteiger partial charge is 0.261 e. The Hall–Kier alpha value is -3.47. The molecule has 0 amide bonds. The summed E-state index contributed by atoms with van der Waals surface area (Å²) in [5.41, 5.74) is 3.94. The Morgan fingerprint density at radius 3 is 2.44 bits per heavy atom. The van der Waals surface area contributed by atoms with Gasteiger partial charge in [-0.05, 0) is 56.8 Å². The number of hydrogen-bond donors (Lipinski definition) is 3. The highest BCUT2D eigenvalue weighted by atomic mass is 32.2. The molecule has 0 spiro atoms. The third-order valence-electron chi connectivity index (χ3n) is 5.90. The number of aromatic nitrogens is 2. The Morgan fingerprint density at radius 1 is 1.03 bits per heavy atom. The molecular formula is C26H33N7O2S. The van der Waals surface area contributed by atoms with Crippen molar-refractivity contribution in [2.75, 3.05) is 43.9 Å². The van der Waals surface area contributed by atoms with Crippen LogP contribution in [-0.4, -0.2) is 61.4 Å². The quantitative estimate of drug-likeness (QED) is 0.402. The lowest BCUT2D eigenvalue weighted by Crippen LogP contribution is -2.43. The Bertz CT molecular complexity index is 1320. The average molecular weight is 508 g/mol. The largest absolute Gasteiger partial charge is 0.340 e. The highest BCUT2D eigenvalue weighted by Gasteiger charge is 2.15. The van der Waals surface area contributed by atoms with E-state index in [9.17, 15) is 8.42 Å². The molecule has 3 N–H and O–H groups in total. The van der Waals surface area contributed by atoms with Crippen LogP contribution in [0.2, 0.25) is 0 Å². The van der Waals surface area contributed by atoms with Gasteiger partial charge in [0.25, 0.3) is 10.0 Å². The third-order valence-corrected chi connectivity index (χ3v) is 7.39. The van der Waals surface area contributed by atoms with Gasteiger partial charge in [0, 0.05) is 61.6 Å². The predicted octanol–water partition coefficient (Wildman–Crippen LogP) is 3.83. The predicted molar refractivity (Wildman–Crippen MR) is 144 cm³/mol. The van der Waals surface area contributed by atoms with Crippen molar-refractivity contribution in [2.45, 2.75) is 25.3 Å². The molecule has 4 rings (SSSR count). The summed E-state index contributed by atoms with van der Waals surface area (Å²) in [6, 6.07) is 14.9. The molecular weight excluding hydrogens is 474 g/mol. The first-order valence-corrected chi connectivity index (χ1v) is 13.3. The second-order valence-electron chi connectivity index (χ2n) is 9.17. The van der Waals surface area contributed by atoms with Crippen molar-refractivity contribution in [3.8, 4) is 0 Å². The maximum atomic E-state index is 12.5. The minimum atomic E-state index is -3.69. The number of anilines is 4. The molecule has 2 aromatic carbocycles. The van der Waals surface area contributed by atoms with E-state index in [1.54, 1.807) is 31.3 Å². The zero-order valence-corrected chi connectivity index (χ0v) is 21.8. The number of allylic oxidation sites excluding steroid dienone is 1. The van der Waals surface area contributed by atoms with E-state index >= 15 is 0 Å². The first-order valence-electron chi connectivity index (χ1n) is 11.8. The summed E-state index contributed by atoms with van der Waals surface area (Å²) in [6.45, 7) is 12.4. The fourth-order valence-electron chi connectivity index (χ4n) is 3.88. The van der Waals surface area contributed by atoms with Crippen LogP contribution in [-0.2, 0) is 16.6 Å². The molecule has 2 heterocycles. The summed E-state index contributed by atoms with van der Waals surface area (Å²) in [7, 11) is -1.53. The number of aryl methyl sites for hydroxylation is 1. The Balaban J connectivity index is 1.43. The zero-order chi connectivity index (χ0) is 25.7. The van der Waals surface area contributed by atoms with Crippen molar-refractivity contribution in [3.63, 3.8) is 0 Å². The van der Waals surface area contributed by atoms with E-state index in [1.807, 2.05) is 19.1 Å². The van der Waals surface area contributed by atoms with Crippen LogP contribution in [0.4, 0.5) is 23.1 Å². The summed E-state index contributed by atoms with van der Waals surface area (Å²) >= 11 is 0. The summed E-state index contributed by atoms with van der Waals surface area (Å²) in [4.78, 5) is 14.0. The van der Waals surface area contributed by atoms with Gasteiger partial charge in [-0.3, -0.25) is 9.62 Å². The van der Waals surface area contributed by atoms with Crippen LogP contribution in [0, 0.1) is 6.92 Å². The molecule has 0 atom stereocenters. The SMILES string of the molecule is C=C(C)NS(=O)(=O)c1cccc(Nc2nc(Nc3ccc(CN4CCN(C)CC4)cc3)ncc2C)c1. The maximum Gasteiger partial charge on any atom is 0.261 e. The molecule has 9 nitrogen and oxygen atoms in total. The van der Waals surface area contributed by atoms with Crippen molar-refractivity contribution in [1.29, 1.82) is 0 Å². The van der Waals surface area contributed by atoms with Gasteiger partial charge in [-0.1, -0.05) is 24.8 Å². The molecule has 10 heteroatoms. The summed E-state index contributed by atoms with van der Waals surface area (Å²) in [6.07, 6.45) is 1.72. The number of likely N-dealkylation sites (N-methyl/N-ethyl adjacent to an activating group) is 1. The van der Waals surface area contributed by atoms with Gasteiger partial charge >= 0.3 is 0 Å². The van der Waals surface area contributed by atoms with Crippen LogP contribution < -0.4 is 15.4 Å². The maximum absolute atomic E-state index is 12.5. The van der Waals surface area contributed by atoms with Gasteiger partial charge in [0.2, 0.25) is 5.95 Å². The molecule has 1 fully saturated rings. The van der Waals surface area contributed by atoms with Crippen LogP contribution in [0.1, 0.15) is 18.1 Å². The molecule has 3 aromatic rings. The number of rotatable bonds is 9. The normalized spacial score (nSPS) is 14.9. The van der Waals surface area contributed by atoms with Gasteiger partial charge in [0.1, 0.15) is 5.82 Å². The monoisotopic (exact) mass is 507 g/mol. The molecule has 1 aromatic heterocycles. The topological polar surface area (TPSA) is 102 Å². The molecule has 1 aliphatic rings. The van der Waals surface area contributed by atoms with Gasteiger partial charge in [-0.2, -0.15) is 4.98 Å². The fourth-order valence-corrected chi connectivity index (χ4v) is 5.00. The van der Waals surface area contributed by atoms with Crippen molar-refractivity contribution in [3.05, 3.63) is 78.1 Å². The minimum absolute atomic E-state index is 0.136. The van der Waals surface area contributed by atoms with Crippen LogP contribution in [0.5, 0.6) is 0 Å². The summed E-state index contributed by atoms with van der Waals surface area (Å²) in [5.74, 6) is 1.03. The second-order valence-corrected chi connectivity index (χ2v) is 10.8. The molecule has 0 saturated carbocycles. The number of hydrogen-bond acceptors (Lipinski definition) is 8. The Morgan fingerprint density at radius 2 is 1.75 bits per heavy atom. The molecule has 0 unspecified atom stereocenters.